The molecule has 20 heavy (non-hydrogen) atoms. The van der Waals surface area contributed by atoms with Gasteiger partial charge in [0, 0.05) is 17.8 Å². The molecule has 4 heteroatoms. The van der Waals surface area contributed by atoms with Gasteiger partial charge in [-0.2, -0.15) is 11.8 Å². The number of fused-ring (bicyclic) bond motifs is 1. The maximum Gasteiger partial charge on any atom is 0.231 e. The SMILES string of the molecule is CC(CCc1ccc2c(c1)OCO2)NC1CCCSC1. The van der Waals surface area contributed by atoms with Crippen LogP contribution in [0.2, 0.25) is 0 Å². The van der Waals surface area contributed by atoms with E-state index in [1.165, 1.54) is 36.3 Å². The van der Waals surface area contributed by atoms with Crippen LogP contribution in [-0.2, 0) is 6.42 Å². The highest BCUT2D eigenvalue weighted by Gasteiger charge is 2.16. The van der Waals surface area contributed by atoms with Crippen molar-refractivity contribution in [1.29, 1.82) is 0 Å². The van der Waals surface area contributed by atoms with E-state index >= 15 is 0 Å². The van der Waals surface area contributed by atoms with Crippen molar-refractivity contribution in [2.24, 2.45) is 0 Å². The zero-order chi connectivity index (χ0) is 13.8. The zero-order valence-electron chi connectivity index (χ0n) is 12.1. The summed E-state index contributed by atoms with van der Waals surface area (Å²) in [6.07, 6.45) is 4.95. The van der Waals surface area contributed by atoms with Crippen molar-refractivity contribution in [3.05, 3.63) is 23.8 Å². The lowest BCUT2D eigenvalue weighted by molar-refractivity contribution is 0.174. The Morgan fingerprint density at radius 2 is 2.25 bits per heavy atom. The second kappa shape index (κ2) is 6.72. The fourth-order valence-electron chi connectivity index (χ4n) is 2.84. The van der Waals surface area contributed by atoms with Gasteiger partial charge < -0.3 is 14.8 Å². The molecule has 1 aromatic rings. The Kier molecular flexibility index (Phi) is 4.73. The topological polar surface area (TPSA) is 30.5 Å². The molecule has 0 bridgehead atoms. The van der Waals surface area contributed by atoms with Gasteiger partial charge in [-0.15, -0.1) is 0 Å². The highest BCUT2D eigenvalue weighted by molar-refractivity contribution is 7.99. The van der Waals surface area contributed by atoms with Crippen LogP contribution in [0.4, 0.5) is 0 Å². The van der Waals surface area contributed by atoms with Gasteiger partial charge in [0.2, 0.25) is 6.79 Å². The van der Waals surface area contributed by atoms with Gasteiger partial charge in [-0.3, -0.25) is 0 Å². The molecule has 3 rings (SSSR count). The number of benzene rings is 1. The fourth-order valence-corrected chi connectivity index (χ4v) is 3.92. The third-order valence-corrected chi connectivity index (χ3v) is 5.20. The van der Waals surface area contributed by atoms with E-state index in [2.05, 4.69) is 36.1 Å². The monoisotopic (exact) mass is 293 g/mol. The Morgan fingerprint density at radius 1 is 1.35 bits per heavy atom. The van der Waals surface area contributed by atoms with Crippen LogP contribution >= 0.6 is 11.8 Å². The number of nitrogens with one attached hydrogen (secondary N) is 1. The van der Waals surface area contributed by atoms with Gasteiger partial charge in [0.05, 0.1) is 0 Å². The largest absolute Gasteiger partial charge is 0.454 e. The molecule has 2 aliphatic rings. The van der Waals surface area contributed by atoms with E-state index in [-0.39, 0.29) is 0 Å². The van der Waals surface area contributed by atoms with Gasteiger partial charge in [-0.25, -0.2) is 0 Å². The van der Waals surface area contributed by atoms with Crippen molar-refractivity contribution in [2.75, 3.05) is 18.3 Å². The zero-order valence-corrected chi connectivity index (χ0v) is 12.9. The smallest absolute Gasteiger partial charge is 0.231 e. The van der Waals surface area contributed by atoms with Gasteiger partial charge in [-0.05, 0) is 56.1 Å². The summed E-state index contributed by atoms with van der Waals surface area (Å²) in [6.45, 7) is 2.66. The molecule has 2 atom stereocenters. The van der Waals surface area contributed by atoms with Crippen molar-refractivity contribution < 1.29 is 9.47 Å². The summed E-state index contributed by atoms with van der Waals surface area (Å²) in [4.78, 5) is 0. The first-order valence-corrected chi connectivity index (χ1v) is 8.69. The van der Waals surface area contributed by atoms with E-state index in [1.54, 1.807) is 0 Å². The standard InChI is InChI=1S/C16H23NO2S/c1-12(17-14-3-2-8-20-10-14)4-5-13-6-7-15-16(9-13)19-11-18-15/h6-7,9,12,14,17H,2-5,8,10-11H2,1H3. The Labute approximate surface area is 125 Å². The summed E-state index contributed by atoms with van der Waals surface area (Å²) in [6, 6.07) is 7.57. The molecule has 2 aliphatic heterocycles. The van der Waals surface area contributed by atoms with Crippen LogP contribution in [-0.4, -0.2) is 30.4 Å². The first-order chi connectivity index (χ1) is 9.81. The number of rotatable bonds is 5. The van der Waals surface area contributed by atoms with E-state index in [1.807, 2.05) is 6.07 Å². The number of ether oxygens (including phenoxy) is 2. The van der Waals surface area contributed by atoms with Crippen molar-refractivity contribution in [3.63, 3.8) is 0 Å². The summed E-state index contributed by atoms with van der Waals surface area (Å²) in [5.41, 5.74) is 1.33. The Morgan fingerprint density at radius 3 is 3.10 bits per heavy atom. The van der Waals surface area contributed by atoms with Gasteiger partial charge in [0.1, 0.15) is 0 Å². The minimum absolute atomic E-state index is 0.357. The summed E-state index contributed by atoms with van der Waals surface area (Å²) < 4.78 is 10.8. The van der Waals surface area contributed by atoms with Crippen LogP contribution in [0.25, 0.3) is 0 Å². The molecule has 1 N–H and O–H groups in total. The first kappa shape index (κ1) is 14.1. The summed E-state index contributed by atoms with van der Waals surface area (Å²) in [7, 11) is 0. The molecular formula is C16H23NO2S. The van der Waals surface area contributed by atoms with E-state index in [4.69, 9.17) is 9.47 Å². The lowest BCUT2D eigenvalue weighted by Gasteiger charge is -2.26. The van der Waals surface area contributed by atoms with Crippen LogP contribution < -0.4 is 14.8 Å². The van der Waals surface area contributed by atoms with Gasteiger partial charge in [-0.1, -0.05) is 6.07 Å². The molecule has 1 fully saturated rings. The van der Waals surface area contributed by atoms with Crippen LogP contribution in [0.15, 0.2) is 18.2 Å². The molecule has 1 saturated heterocycles. The average Bonchev–Trinajstić information content (AvgIpc) is 2.93. The summed E-state index contributed by atoms with van der Waals surface area (Å²) in [5, 5.41) is 3.76. The van der Waals surface area contributed by atoms with Crippen molar-refractivity contribution in [1.82, 2.24) is 5.32 Å². The van der Waals surface area contributed by atoms with E-state index < -0.39 is 0 Å². The number of hydrogen-bond donors (Lipinski definition) is 1. The van der Waals surface area contributed by atoms with Crippen molar-refractivity contribution in [2.45, 2.75) is 44.7 Å². The fraction of sp³-hybridized carbons (Fsp3) is 0.625. The summed E-state index contributed by atoms with van der Waals surface area (Å²) >= 11 is 2.08. The lowest BCUT2D eigenvalue weighted by Crippen LogP contribution is -2.40. The maximum absolute atomic E-state index is 5.43. The van der Waals surface area contributed by atoms with Gasteiger partial charge >= 0.3 is 0 Å². The number of thioether (sulfide) groups is 1. The molecule has 0 saturated carbocycles. The molecule has 110 valence electrons. The second-order valence-electron chi connectivity index (χ2n) is 5.71. The van der Waals surface area contributed by atoms with E-state index in [0.29, 0.717) is 18.9 Å². The van der Waals surface area contributed by atoms with E-state index in [9.17, 15) is 0 Å². The molecule has 0 aliphatic carbocycles. The first-order valence-electron chi connectivity index (χ1n) is 7.53. The molecule has 3 nitrogen and oxygen atoms in total. The average molecular weight is 293 g/mol. The van der Waals surface area contributed by atoms with Crippen LogP contribution in [0.5, 0.6) is 11.5 Å². The minimum Gasteiger partial charge on any atom is -0.454 e. The minimum atomic E-state index is 0.357. The molecular weight excluding hydrogens is 270 g/mol. The molecule has 0 radical (unpaired) electrons. The number of hydrogen-bond acceptors (Lipinski definition) is 4. The van der Waals surface area contributed by atoms with Crippen LogP contribution in [0.1, 0.15) is 31.7 Å². The quantitative estimate of drug-likeness (QED) is 0.903. The Bertz CT molecular complexity index is 446. The Balaban J connectivity index is 1.46. The predicted molar refractivity (Wildman–Crippen MR) is 83.8 cm³/mol. The van der Waals surface area contributed by atoms with Gasteiger partial charge in [0.25, 0.3) is 0 Å². The normalized spacial score (nSPS) is 22.8. The highest BCUT2D eigenvalue weighted by Crippen LogP contribution is 2.32. The molecule has 1 aromatic carbocycles. The maximum atomic E-state index is 5.43. The van der Waals surface area contributed by atoms with Crippen molar-refractivity contribution in [3.8, 4) is 11.5 Å². The lowest BCUT2D eigenvalue weighted by atomic mass is 10.0. The Hall–Kier alpha value is -0.870. The molecule has 2 unspecified atom stereocenters. The molecule has 0 spiro atoms. The molecule has 0 amide bonds. The van der Waals surface area contributed by atoms with Crippen molar-refractivity contribution >= 4 is 11.8 Å². The van der Waals surface area contributed by atoms with E-state index in [0.717, 1.165) is 17.9 Å². The summed E-state index contributed by atoms with van der Waals surface area (Å²) in [5.74, 6) is 4.38. The molecule has 2 heterocycles. The van der Waals surface area contributed by atoms with Crippen LogP contribution in [0, 0.1) is 0 Å². The third kappa shape index (κ3) is 3.61. The van der Waals surface area contributed by atoms with Gasteiger partial charge in [0.15, 0.2) is 11.5 Å². The second-order valence-corrected chi connectivity index (χ2v) is 6.86. The molecule has 0 aromatic heterocycles. The third-order valence-electron chi connectivity index (χ3n) is 3.98. The van der Waals surface area contributed by atoms with Crippen LogP contribution in [0.3, 0.4) is 0 Å². The predicted octanol–water partition coefficient (Wildman–Crippen LogP) is 3.22. The highest BCUT2D eigenvalue weighted by atomic mass is 32.2. The number of aryl methyl sites for hydroxylation is 1.